The Kier molecular flexibility index (Phi) is 5.00. The van der Waals surface area contributed by atoms with Crippen LogP contribution in [0.1, 0.15) is 21.7 Å². The van der Waals surface area contributed by atoms with Crippen LogP contribution in [0.4, 0.5) is 0 Å². The van der Waals surface area contributed by atoms with Crippen LogP contribution >= 0.6 is 0 Å². The van der Waals surface area contributed by atoms with E-state index < -0.39 is 5.97 Å². The number of esters is 1. The third-order valence-electron chi connectivity index (χ3n) is 3.14. The third kappa shape index (κ3) is 3.86. The SMILES string of the molecule is COC(=O)c1occc1CN(C)Cc1cccc(OC)c1. The highest BCUT2D eigenvalue weighted by molar-refractivity contribution is 5.87. The van der Waals surface area contributed by atoms with Crippen molar-refractivity contribution in [3.63, 3.8) is 0 Å². The van der Waals surface area contributed by atoms with Gasteiger partial charge in [0.1, 0.15) is 5.75 Å². The molecule has 2 aromatic rings. The molecular formula is C16H19NO4. The van der Waals surface area contributed by atoms with Gasteiger partial charge in [-0.05, 0) is 30.8 Å². The van der Waals surface area contributed by atoms with Gasteiger partial charge < -0.3 is 13.9 Å². The first-order valence-electron chi connectivity index (χ1n) is 6.60. The number of hydrogen-bond donors (Lipinski definition) is 0. The van der Waals surface area contributed by atoms with Crippen molar-refractivity contribution in [2.45, 2.75) is 13.1 Å². The number of nitrogens with zero attached hydrogens (tertiary/aromatic N) is 1. The van der Waals surface area contributed by atoms with Crippen molar-refractivity contribution < 1.29 is 18.7 Å². The van der Waals surface area contributed by atoms with Crippen LogP contribution in [-0.4, -0.2) is 32.1 Å². The number of ether oxygens (including phenoxy) is 2. The van der Waals surface area contributed by atoms with Crippen molar-refractivity contribution in [2.24, 2.45) is 0 Å². The topological polar surface area (TPSA) is 51.9 Å². The Bertz CT molecular complexity index is 606. The molecule has 112 valence electrons. The smallest absolute Gasteiger partial charge is 0.374 e. The lowest BCUT2D eigenvalue weighted by Crippen LogP contribution is -2.18. The summed E-state index contributed by atoms with van der Waals surface area (Å²) in [6.45, 7) is 1.33. The quantitative estimate of drug-likeness (QED) is 0.765. The van der Waals surface area contributed by atoms with Gasteiger partial charge in [-0.15, -0.1) is 0 Å². The molecule has 21 heavy (non-hydrogen) atoms. The van der Waals surface area contributed by atoms with Crippen LogP contribution in [0.5, 0.6) is 5.75 Å². The van der Waals surface area contributed by atoms with Crippen LogP contribution in [0.15, 0.2) is 41.0 Å². The van der Waals surface area contributed by atoms with Crippen LogP contribution in [0.3, 0.4) is 0 Å². The van der Waals surface area contributed by atoms with Gasteiger partial charge >= 0.3 is 5.97 Å². The second-order valence-electron chi connectivity index (χ2n) is 4.79. The highest BCUT2D eigenvalue weighted by atomic mass is 16.5. The summed E-state index contributed by atoms with van der Waals surface area (Å²) in [7, 11) is 4.97. The van der Waals surface area contributed by atoms with E-state index in [0.717, 1.165) is 23.4 Å². The minimum absolute atomic E-state index is 0.259. The number of hydrogen-bond acceptors (Lipinski definition) is 5. The van der Waals surface area contributed by atoms with E-state index in [9.17, 15) is 4.79 Å². The largest absolute Gasteiger partial charge is 0.497 e. The molecule has 5 heteroatoms. The van der Waals surface area contributed by atoms with Crippen molar-refractivity contribution in [1.29, 1.82) is 0 Å². The first-order chi connectivity index (χ1) is 10.1. The molecule has 0 amide bonds. The zero-order valence-electron chi connectivity index (χ0n) is 12.5. The van der Waals surface area contributed by atoms with Gasteiger partial charge in [-0.2, -0.15) is 0 Å². The monoisotopic (exact) mass is 289 g/mol. The van der Waals surface area contributed by atoms with Gasteiger partial charge in [0.25, 0.3) is 0 Å². The van der Waals surface area contributed by atoms with Gasteiger partial charge in [-0.1, -0.05) is 12.1 Å². The Morgan fingerprint density at radius 1 is 1.24 bits per heavy atom. The number of methoxy groups -OCH3 is 2. The van der Waals surface area contributed by atoms with E-state index in [0.29, 0.717) is 6.54 Å². The van der Waals surface area contributed by atoms with E-state index >= 15 is 0 Å². The fraction of sp³-hybridized carbons (Fsp3) is 0.312. The highest BCUT2D eigenvalue weighted by Crippen LogP contribution is 2.17. The van der Waals surface area contributed by atoms with E-state index in [4.69, 9.17) is 13.9 Å². The lowest BCUT2D eigenvalue weighted by atomic mass is 10.2. The molecule has 0 fully saturated rings. The lowest BCUT2D eigenvalue weighted by Gasteiger charge is -2.16. The molecule has 1 aromatic heterocycles. The van der Waals surface area contributed by atoms with Crippen molar-refractivity contribution in [3.8, 4) is 5.75 Å². The predicted molar refractivity (Wildman–Crippen MR) is 78.2 cm³/mol. The molecule has 0 atom stereocenters. The molecule has 0 aliphatic carbocycles. The minimum atomic E-state index is -0.454. The Labute approximate surface area is 124 Å². The average Bonchev–Trinajstić information content (AvgIpc) is 2.94. The Morgan fingerprint density at radius 2 is 2.05 bits per heavy atom. The molecule has 1 aromatic carbocycles. The highest BCUT2D eigenvalue weighted by Gasteiger charge is 2.17. The van der Waals surface area contributed by atoms with Gasteiger partial charge in [0.2, 0.25) is 5.76 Å². The predicted octanol–water partition coefficient (Wildman–Crippen LogP) is 2.71. The van der Waals surface area contributed by atoms with Crippen molar-refractivity contribution in [2.75, 3.05) is 21.3 Å². The van der Waals surface area contributed by atoms with Gasteiger partial charge in [0.05, 0.1) is 20.5 Å². The zero-order chi connectivity index (χ0) is 15.2. The summed E-state index contributed by atoms with van der Waals surface area (Å²) >= 11 is 0. The number of rotatable bonds is 6. The summed E-state index contributed by atoms with van der Waals surface area (Å²) < 4.78 is 15.1. The Balaban J connectivity index is 2.03. The van der Waals surface area contributed by atoms with E-state index in [1.54, 1.807) is 13.2 Å². The molecule has 0 spiro atoms. The standard InChI is InChI=1S/C16H19NO4/c1-17(10-12-5-4-6-14(9-12)19-2)11-13-7-8-21-15(13)16(18)20-3/h4-9H,10-11H2,1-3H3. The van der Waals surface area contributed by atoms with Crippen molar-refractivity contribution >= 4 is 5.97 Å². The first kappa shape index (κ1) is 15.1. The molecule has 0 aliphatic rings. The average molecular weight is 289 g/mol. The molecule has 2 rings (SSSR count). The Morgan fingerprint density at radius 3 is 2.76 bits per heavy atom. The van der Waals surface area contributed by atoms with E-state index in [-0.39, 0.29) is 5.76 Å². The molecule has 1 heterocycles. The van der Waals surface area contributed by atoms with Crippen LogP contribution in [0, 0.1) is 0 Å². The number of furan rings is 1. The van der Waals surface area contributed by atoms with Crippen LogP contribution in [0.2, 0.25) is 0 Å². The zero-order valence-corrected chi connectivity index (χ0v) is 12.5. The normalized spacial score (nSPS) is 10.7. The van der Waals surface area contributed by atoms with Crippen LogP contribution in [0.25, 0.3) is 0 Å². The van der Waals surface area contributed by atoms with Gasteiger partial charge in [-0.3, -0.25) is 4.90 Å². The van der Waals surface area contributed by atoms with Crippen LogP contribution < -0.4 is 4.74 Å². The van der Waals surface area contributed by atoms with E-state index in [2.05, 4.69) is 4.90 Å². The molecule has 0 aliphatic heterocycles. The summed E-state index contributed by atoms with van der Waals surface area (Å²) in [5.74, 6) is 0.638. The lowest BCUT2D eigenvalue weighted by molar-refractivity contribution is 0.0562. The van der Waals surface area contributed by atoms with Crippen molar-refractivity contribution in [3.05, 3.63) is 53.5 Å². The molecule has 5 nitrogen and oxygen atoms in total. The second kappa shape index (κ2) is 6.95. The molecular weight excluding hydrogens is 270 g/mol. The number of benzene rings is 1. The first-order valence-corrected chi connectivity index (χ1v) is 6.60. The summed E-state index contributed by atoms with van der Waals surface area (Å²) in [6.07, 6.45) is 1.50. The fourth-order valence-electron chi connectivity index (χ4n) is 2.16. The molecule has 0 unspecified atom stereocenters. The number of carbonyl (C=O) groups excluding carboxylic acids is 1. The van der Waals surface area contributed by atoms with Crippen molar-refractivity contribution in [1.82, 2.24) is 4.90 Å². The maximum Gasteiger partial charge on any atom is 0.374 e. The van der Waals surface area contributed by atoms with E-state index in [1.165, 1.54) is 13.4 Å². The molecule has 0 saturated carbocycles. The molecule has 0 bridgehead atoms. The van der Waals surface area contributed by atoms with E-state index in [1.807, 2.05) is 31.3 Å². The van der Waals surface area contributed by atoms with Gasteiger partial charge in [-0.25, -0.2) is 4.79 Å². The fourth-order valence-corrected chi connectivity index (χ4v) is 2.16. The number of carbonyl (C=O) groups is 1. The summed E-state index contributed by atoms with van der Waals surface area (Å²) in [6, 6.07) is 9.69. The summed E-state index contributed by atoms with van der Waals surface area (Å²) in [5.41, 5.74) is 1.95. The maximum atomic E-state index is 11.6. The molecule has 0 saturated heterocycles. The maximum absolute atomic E-state index is 11.6. The molecule has 0 N–H and O–H groups in total. The minimum Gasteiger partial charge on any atom is -0.497 e. The summed E-state index contributed by atoms with van der Waals surface area (Å²) in [5, 5.41) is 0. The molecule has 0 radical (unpaired) electrons. The third-order valence-corrected chi connectivity index (χ3v) is 3.14. The second-order valence-corrected chi connectivity index (χ2v) is 4.79. The summed E-state index contributed by atoms with van der Waals surface area (Å²) in [4.78, 5) is 13.7. The van der Waals surface area contributed by atoms with Gasteiger partial charge in [0, 0.05) is 18.7 Å². The Hall–Kier alpha value is -2.27. The van der Waals surface area contributed by atoms with Gasteiger partial charge in [0.15, 0.2) is 0 Å². The van der Waals surface area contributed by atoms with Crippen LogP contribution in [-0.2, 0) is 17.8 Å².